The van der Waals surface area contributed by atoms with Crippen molar-refractivity contribution >= 4 is 0 Å². The van der Waals surface area contributed by atoms with Crippen molar-refractivity contribution < 1.29 is 19.3 Å². The van der Waals surface area contributed by atoms with Gasteiger partial charge in [0, 0.05) is 7.11 Å². The van der Waals surface area contributed by atoms with E-state index in [2.05, 4.69) is 0 Å². The third-order valence-electron chi connectivity index (χ3n) is 2.07. The molecular formula is C12H18O4. The number of aliphatic hydroxyl groups excluding tert-OH is 1. The summed E-state index contributed by atoms with van der Waals surface area (Å²) in [7, 11) is 1.63. The molecule has 0 unspecified atom stereocenters. The zero-order valence-electron chi connectivity index (χ0n) is 9.52. The first kappa shape index (κ1) is 13.1. The number of methoxy groups -OCH3 is 1. The number of benzene rings is 1. The average molecular weight is 226 g/mol. The lowest BCUT2D eigenvalue weighted by Crippen LogP contribution is -2.05. The summed E-state index contributed by atoms with van der Waals surface area (Å²) in [6, 6.07) is 7.62. The molecule has 0 aliphatic carbocycles. The van der Waals surface area contributed by atoms with E-state index in [4.69, 9.17) is 19.3 Å². The zero-order valence-corrected chi connectivity index (χ0v) is 9.52. The molecule has 4 nitrogen and oxygen atoms in total. The summed E-state index contributed by atoms with van der Waals surface area (Å²) in [6.45, 7) is 1.97. The van der Waals surface area contributed by atoms with Gasteiger partial charge in [-0.3, -0.25) is 0 Å². The smallest absolute Gasteiger partial charge is 0.147 e. The Morgan fingerprint density at radius 1 is 1.00 bits per heavy atom. The Labute approximate surface area is 95.8 Å². The maximum Gasteiger partial charge on any atom is 0.147 e. The zero-order chi connectivity index (χ0) is 11.6. The highest BCUT2D eigenvalue weighted by Gasteiger charge is 1.94. The number of aliphatic hydroxyl groups is 1. The Kier molecular flexibility index (Phi) is 6.76. The van der Waals surface area contributed by atoms with Crippen LogP contribution in [-0.4, -0.2) is 32.2 Å². The molecule has 0 saturated heterocycles. The van der Waals surface area contributed by atoms with Crippen molar-refractivity contribution in [2.45, 2.75) is 13.2 Å². The van der Waals surface area contributed by atoms with Crippen LogP contribution in [0.1, 0.15) is 11.1 Å². The van der Waals surface area contributed by atoms with E-state index in [-0.39, 0.29) is 13.4 Å². The summed E-state index contributed by atoms with van der Waals surface area (Å²) in [5.74, 6) is 0. The first-order chi connectivity index (χ1) is 7.86. The molecule has 4 heteroatoms. The standard InChI is InChI=1S/C12H18O4/c1-14-6-7-15-10-16-9-12-4-2-11(8-13)3-5-12/h2-5,13H,6-10H2,1H3. The van der Waals surface area contributed by atoms with Crippen LogP contribution < -0.4 is 0 Å². The first-order valence-electron chi connectivity index (χ1n) is 5.20. The van der Waals surface area contributed by atoms with Gasteiger partial charge in [0.05, 0.1) is 26.4 Å². The molecule has 0 saturated carbocycles. The number of hydrogen-bond donors (Lipinski definition) is 1. The summed E-state index contributed by atoms with van der Waals surface area (Å²) < 4.78 is 15.3. The largest absolute Gasteiger partial charge is 0.392 e. The summed E-state index contributed by atoms with van der Waals surface area (Å²) in [4.78, 5) is 0. The molecule has 0 bridgehead atoms. The Balaban J connectivity index is 2.12. The molecule has 1 rings (SSSR count). The van der Waals surface area contributed by atoms with Gasteiger partial charge in [0.25, 0.3) is 0 Å². The summed E-state index contributed by atoms with van der Waals surface area (Å²) in [6.07, 6.45) is 0. The number of hydrogen-bond acceptors (Lipinski definition) is 4. The summed E-state index contributed by atoms with van der Waals surface area (Å²) >= 11 is 0. The van der Waals surface area contributed by atoms with E-state index >= 15 is 0 Å². The monoisotopic (exact) mass is 226 g/mol. The fourth-order valence-electron chi connectivity index (χ4n) is 1.16. The summed E-state index contributed by atoms with van der Waals surface area (Å²) in [5, 5.41) is 8.86. The lowest BCUT2D eigenvalue weighted by Gasteiger charge is -2.06. The third-order valence-corrected chi connectivity index (χ3v) is 2.07. The minimum Gasteiger partial charge on any atom is -0.392 e. The second-order valence-electron chi connectivity index (χ2n) is 3.34. The van der Waals surface area contributed by atoms with E-state index in [1.165, 1.54) is 0 Å². The van der Waals surface area contributed by atoms with Crippen LogP contribution in [0.4, 0.5) is 0 Å². The minimum absolute atomic E-state index is 0.0707. The summed E-state index contributed by atoms with van der Waals surface area (Å²) in [5.41, 5.74) is 1.97. The van der Waals surface area contributed by atoms with Crippen molar-refractivity contribution in [3.8, 4) is 0 Å². The lowest BCUT2D eigenvalue weighted by molar-refractivity contribution is -0.0724. The highest BCUT2D eigenvalue weighted by Crippen LogP contribution is 2.05. The molecule has 1 aromatic rings. The van der Waals surface area contributed by atoms with Crippen LogP contribution in [0.25, 0.3) is 0 Å². The van der Waals surface area contributed by atoms with Crippen LogP contribution in [-0.2, 0) is 27.4 Å². The van der Waals surface area contributed by atoms with Crippen molar-refractivity contribution in [1.82, 2.24) is 0 Å². The normalized spacial score (nSPS) is 10.6. The molecule has 0 heterocycles. The maximum absolute atomic E-state index is 8.86. The van der Waals surface area contributed by atoms with Crippen LogP contribution in [0, 0.1) is 0 Å². The average Bonchev–Trinajstić information content (AvgIpc) is 2.34. The van der Waals surface area contributed by atoms with Gasteiger partial charge in [-0.2, -0.15) is 0 Å². The van der Waals surface area contributed by atoms with Crippen LogP contribution in [0.5, 0.6) is 0 Å². The van der Waals surface area contributed by atoms with Gasteiger partial charge in [0.1, 0.15) is 6.79 Å². The van der Waals surface area contributed by atoms with Crippen molar-refractivity contribution in [2.75, 3.05) is 27.1 Å². The quantitative estimate of drug-likeness (QED) is 0.536. The van der Waals surface area contributed by atoms with Gasteiger partial charge in [0.2, 0.25) is 0 Å². The van der Waals surface area contributed by atoms with Crippen LogP contribution in [0.15, 0.2) is 24.3 Å². The van der Waals surface area contributed by atoms with Crippen LogP contribution in [0.3, 0.4) is 0 Å². The topological polar surface area (TPSA) is 47.9 Å². The maximum atomic E-state index is 8.86. The molecule has 0 aliphatic heterocycles. The molecule has 1 N–H and O–H groups in total. The molecular weight excluding hydrogens is 208 g/mol. The van der Waals surface area contributed by atoms with Gasteiger partial charge in [-0.05, 0) is 11.1 Å². The number of ether oxygens (including phenoxy) is 3. The van der Waals surface area contributed by atoms with Crippen LogP contribution >= 0.6 is 0 Å². The van der Waals surface area contributed by atoms with E-state index in [1.54, 1.807) is 7.11 Å². The van der Waals surface area contributed by atoms with Crippen molar-refractivity contribution in [2.24, 2.45) is 0 Å². The second-order valence-corrected chi connectivity index (χ2v) is 3.34. The molecule has 0 atom stereocenters. The Hall–Kier alpha value is -0.940. The molecule has 1 aromatic carbocycles. The molecule has 16 heavy (non-hydrogen) atoms. The van der Waals surface area contributed by atoms with Gasteiger partial charge in [-0.25, -0.2) is 0 Å². The van der Waals surface area contributed by atoms with Gasteiger partial charge in [-0.1, -0.05) is 24.3 Å². The highest BCUT2D eigenvalue weighted by molar-refractivity contribution is 5.21. The fraction of sp³-hybridized carbons (Fsp3) is 0.500. The highest BCUT2D eigenvalue weighted by atomic mass is 16.7. The van der Waals surface area contributed by atoms with Gasteiger partial charge in [0.15, 0.2) is 0 Å². The Morgan fingerprint density at radius 3 is 2.31 bits per heavy atom. The molecule has 90 valence electrons. The molecule has 0 amide bonds. The second kappa shape index (κ2) is 8.24. The van der Waals surface area contributed by atoms with Crippen molar-refractivity contribution in [1.29, 1.82) is 0 Å². The molecule has 0 aromatic heterocycles. The fourth-order valence-corrected chi connectivity index (χ4v) is 1.16. The molecule has 0 spiro atoms. The molecule has 0 radical (unpaired) electrons. The van der Waals surface area contributed by atoms with Gasteiger partial charge >= 0.3 is 0 Å². The van der Waals surface area contributed by atoms with Gasteiger partial charge in [-0.15, -0.1) is 0 Å². The van der Waals surface area contributed by atoms with E-state index < -0.39 is 0 Å². The Bertz CT molecular complexity index is 271. The van der Waals surface area contributed by atoms with E-state index in [0.29, 0.717) is 19.8 Å². The number of rotatable bonds is 8. The minimum atomic E-state index is 0.0707. The predicted octanol–water partition coefficient (Wildman–Crippen LogP) is 1.32. The Morgan fingerprint density at radius 2 is 1.69 bits per heavy atom. The molecule has 0 fully saturated rings. The molecule has 0 aliphatic rings. The first-order valence-corrected chi connectivity index (χ1v) is 5.20. The van der Waals surface area contributed by atoms with Crippen molar-refractivity contribution in [3.63, 3.8) is 0 Å². The predicted molar refractivity (Wildman–Crippen MR) is 59.8 cm³/mol. The van der Waals surface area contributed by atoms with Crippen molar-refractivity contribution in [3.05, 3.63) is 35.4 Å². The van der Waals surface area contributed by atoms with Gasteiger partial charge < -0.3 is 19.3 Å². The SMILES string of the molecule is COCCOCOCc1ccc(CO)cc1. The third kappa shape index (κ3) is 5.23. The van der Waals surface area contributed by atoms with E-state index in [1.807, 2.05) is 24.3 Å². The van der Waals surface area contributed by atoms with E-state index in [9.17, 15) is 0 Å². The van der Waals surface area contributed by atoms with Crippen LogP contribution in [0.2, 0.25) is 0 Å². The van der Waals surface area contributed by atoms with E-state index in [0.717, 1.165) is 11.1 Å². The lowest BCUT2D eigenvalue weighted by atomic mass is 10.1.